The molecular formula is C18H29IN4O3. The Kier molecular flexibility index (Phi) is 9.27. The van der Waals surface area contributed by atoms with Crippen molar-refractivity contribution in [3.05, 3.63) is 23.8 Å². The first-order valence-electron chi connectivity index (χ1n) is 9.04. The van der Waals surface area contributed by atoms with Gasteiger partial charge in [0.05, 0.1) is 33.0 Å². The van der Waals surface area contributed by atoms with Crippen molar-refractivity contribution >= 4 is 29.9 Å². The largest absolute Gasteiger partial charge is 0.490 e. The number of aliphatic imine (C=N–C) groups is 1. The number of ether oxygens (including phenoxy) is 3. The normalized spacial score (nSPS) is 17.9. The fourth-order valence-electron chi connectivity index (χ4n) is 2.95. The van der Waals surface area contributed by atoms with Gasteiger partial charge in [-0.15, -0.1) is 24.0 Å². The van der Waals surface area contributed by atoms with Gasteiger partial charge in [0.15, 0.2) is 17.5 Å². The summed E-state index contributed by atoms with van der Waals surface area (Å²) in [5.74, 6) is 2.06. The van der Waals surface area contributed by atoms with Gasteiger partial charge in [-0.05, 0) is 19.0 Å². The summed E-state index contributed by atoms with van der Waals surface area (Å²) in [7, 11) is 0. The van der Waals surface area contributed by atoms with Crippen LogP contribution in [0.25, 0.3) is 0 Å². The first-order valence-corrected chi connectivity index (χ1v) is 9.04. The van der Waals surface area contributed by atoms with Crippen LogP contribution in [0.5, 0.6) is 11.5 Å². The maximum absolute atomic E-state index is 5.98. The molecule has 0 bridgehead atoms. The van der Waals surface area contributed by atoms with Gasteiger partial charge in [-0.1, -0.05) is 12.1 Å². The van der Waals surface area contributed by atoms with Gasteiger partial charge in [0.2, 0.25) is 0 Å². The maximum atomic E-state index is 5.98. The third-order valence-corrected chi connectivity index (χ3v) is 4.33. The highest BCUT2D eigenvalue weighted by Gasteiger charge is 2.14. The van der Waals surface area contributed by atoms with Crippen LogP contribution in [-0.4, -0.2) is 63.5 Å². The van der Waals surface area contributed by atoms with E-state index < -0.39 is 0 Å². The summed E-state index contributed by atoms with van der Waals surface area (Å²) in [6.45, 7) is 7.43. The molecule has 1 aromatic rings. The fourth-order valence-corrected chi connectivity index (χ4v) is 2.95. The van der Waals surface area contributed by atoms with Crippen LogP contribution in [0.4, 0.5) is 0 Å². The number of hydrogen-bond donors (Lipinski definition) is 2. The van der Waals surface area contributed by atoms with Crippen LogP contribution in [-0.2, 0) is 11.3 Å². The number of fused-ring (bicyclic) bond motifs is 1. The lowest BCUT2D eigenvalue weighted by atomic mass is 10.2. The van der Waals surface area contributed by atoms with Crippen molar-refractivity contribution in [1.82, 2.24) is 10.2 Å². The first-order chi connectivity index (χ1) is 12.3. The van der Waals surface area contributed by atoms with Gasteiger partial charge in [0.1, 0.15) is 0 Å². The average Bonchev–Trinajstić information content (AvgIpc) is 2.90. The average molecular weight is 476 g/mol. The van der Waals surface area contributed by atoms with Crippen molar-refractivity contribution in [3.63, 3.8) is 0 Å². The number of guanidine groups is 1. The predicted molar refractivity (Wildman–Crippen MR) is 113 cm³/mol. The van der Waals surface area contributed by atoms with E-state index in [9.17, 15) is 0 Å². The Hall–Kier alpha value is -1.26. The predicted octanol–water partition coefficient (Wildman–Crippen LogP) is 1.59. The summed E-state index contributed by atoms with van der Waals surface area (Å²) in [5.41, 5.74) is 6.98. The van der Waals surface area contributed by atoms with Gasteiger partial charge in [0, 0.05) is 31.6 Å². The van der Waals surface area contributed by atoms with Gasteiger partial charge in [-0.2, -0.15) is 0 Å². The minimum absolute atomic E-state index is 0. The van der Waals surface area contributed by atoms with Crippen molar-refractivity contribution in [2.24, 2.45) is 10.7 Å². The zero-order valence-corrected chi connectivity index (χ0v) is 17.4. The molecule has 0 unspecified atom stereocenters. The summed E-state index contributed by atoms with van der Waals surface area (Å²) < 4.78 is 16.9. The number of halogens is 1. The maximum Gasteiger partial charge on any atom is 0.188 e. The standard InChI is InChI=1S/C18H28N4O3.HI/c19-18(20-6-2-7-22-8-12-23-13-9-22)21-14-15-4-1-5-16-17(15)25-11-3-10-24-16;/h1,4-5H,2-3,6-14H2,(H3,19,20,21);1H. The number of nitrogens with one attached hydrogen (secondary N) is 1. The van der Waals surface area contributed by atoms with Crippen LogP contribution in [0.3, 0.4) is 0 Å². The number of benzene rings is 1. The number of nitrogens with two attached hydrogens (primary N) is 1. The van der Waals surface area contributed by atoms with Crippen molar-refractivity contribution in [1.29, 1.82) is 0 Å². The number of hydrogen-bond acceptors (Lipinski definition) is 5. The summed E-state index contributed by atoms with van der Waals surface area (Å²) in [4.78, 5) is 6.84. The molecule has 26 heavy (non-hydrogen) atoms. The lowest BCUT2D eigenvalue weighted by molar-refractivity contribution is 0.0376. The van der Waals surface area contributed by atoms with Crippen LogP contribution in [0, 0.1) is 0 Å². The smallest absolute Gasteiger partial charge is 0.188 e. The Morgan fingerprint density at radius 1 is 1.15 bits per heavy atom. The zero-order chi connectivity index (χ0) is 17.3. The van der Waals surface area contributed by atoms with Crippen molar-refractivity contribution in [3.8, 4) is 11.5 Å². The molecule has 146 valence electrons. The van der Waals surface area contributed by atoms with E-state index in [2.05, 4.69) is 15.2 Å². The Bertz CT molecular complexity index is 580. The first kappa shape index (κ1) is 21.0. The van der Waals surface area contributed by atoms with E-state index in [1.807, 2.05) is 18.2 Å². The van der Waals surface area contributed by atoms with E-state index in [0.29, 0.717) is 25.7 Å². The van der Waals surface area contributed by atoms with Crippen LogP contribution < -0.4 is 20.5 Å². The lowest BCUT2D eigenvalue weighted by Crippen LogP contribution is -2.39. The van der Waals surface area contributed by atoms with E-state index in [4.69, 9.17) is 19.9 Å². The van der Waals surface area contributed by atoms with Crippen molar-refractivity contribution in [2.45, 2.75) is 19.4 Å². The van der Waals surface area contributed by atoms with Gasteiger partial charge in [-0.25, -0.2) is 4.99 Å². The van der Waals surface area contributed by atoms with Crippen LogP contribution in [0.1, 0.15) is 18.4 Å². The van der Waals surface area contributed by atoms with E-state index in [1.54, 1.807) is 0 Å². The second kappa shape index (κ2) is 11.5. The monoisotopic (exact) mass is 476 g/mol. The molecule has 3 N–H and O–H groups in total. The molecule has 7 nitrogen and oxygen atoms in total. The molecule has 2 aliphatic heterocycles. The quantitative estimate of drug-likeness (QED) is 0.281. The highest BCUT2D eigenvalue weighted by atomic mass is 127. The number of morpholine rings is 1. The van der Waals surface area contributed by atoms with Crippen LogP contribution in [0.15, 0.2) is 23.2 Å². The molecule has 1 fully saturated rings. The molecule has 2 heterocycles. The van der Waals surface area contributed by atoms with Gasteiger partial charge >= 0.3 is 0 Å². The molecule has 8 heteroatoms. The van der Waals surface area contributed by atoms with Gasteiger partial charge < -0.3 is 25.3 Å². The Balaban J connectivity index is 0.00000243. The molecule has 0 amide bonds. The number of rotatable bonds is 6. The highest BCUT2D eigenvalue weighted by Crippen LogP contribution is 2.33. The second-order valence-corrected chi connectivity index (χ2v) is 6.23. The van der Waals surface area contributed by atoms with Crippen molar-refractivity contribution in [2.75, 3.05) is 52.6 Å². The number of para-hydroxylation sites is 1. The lowest BCUT2D eigenvalue weighted by Gasteiger charge is -2.26. The molecule has 1 aromatic carbocycles. The highest BCUT2D eigenvalue weighted by molar-refractivity contribution is 14.0. The summed E-state index contributed by atoms with van der Waals surface area (Å²) in [5, 5.41) is 3.18. The Morgan fingerprint density at radius 2 is 1.96 bits per heavy atom. The summed E-state index contributed by atoms with van der Waals surface area (Å²) in [6, 6.07) is 5.90. The summed E-state index contributed by atoms with van der Waals surface area (Å²) >= 11 is 0. The van der Waals surface area contributed by atoms with E-state index in [0.717, 1.165) is 69.3 Å². The molecule has 1 saturated heterocycles. The Morgan fingerprint density at radius 3 is 2.81 bits per heavy atom. The van der Waals surface area contributed by atoms with Gasteiger partial charge in [0.25, 0.3) is 0 Å². The van der Waals surface area contributed by atoms with E-state index >= 15 is 0 Å². The summed E-state index contributed by atoms with van der Waals surface area (Å²) in [6.07, 6.45) is 1.93. The van der Waals surface area contributed by atoms with Gasteiger partial charge in [-0.3, -0.25) is 4.90 Å². The molecule has 0 aromatic heterocycles. The minimum atomic E-state index is 0. The molecule has 0 atom stereocenters. The van der Waals surface area contributed by atoms with Crippen LogP contribution in [0.2, 0.25) is 0 Å². The molecule has 0 aliphatic carbocycles. The van der Waals surface area contributed by atoms with E-state index in [1.165, 1.54) is 0 Å². The fraction of sp³-hybridized carbons (Fsp3) is 0.611. The van der Waals surface area contributed by atoms with E-state index in [-0.39, 0.29) is 24.0 Å². The minimum Gasteiger partial charge on any atom is -0.490 e. The molecular weight excluding hydrogens is 447 g/mol. The van der Waals surface area contributed by atoms with Crippen molar-refractivity contribution < 1.29 is 14.2 Å². The molecule has 0 saturated carbocycles. The van der Waals surface area contributed by atoms with Crippen LogP contribution >= 0.6 is 24.0 Å². The topological polar surface area (TPSA) is 81.3 Å². The zero-order valence-electron chi connectivity index (χ0n) is 15.1. The SMILES string of the molecule is I.NC(=NCc1cccc2c1OCCCO2)NCCCN1CCOCC1. The number of nitrogens with zero attached hydrogens (tertiary/aromatic N) is 2. The third-order valence-electron chi connectivity index (χ3n) is 4.33. The molecule has 0 radical (unpaired) electrons. The molecule has 2 aliphatic rings. The second-order valence-electron chi connectivity index (χ2n) is 6.23. The molecule has 3 rings (SSSR count). The Labute approximate surface area is 172 Å². The molecule has 0 spiro atoms. The third kappa shape index (κ3) is 6.48.